The second-order valence-corrected chi connectivity index (χ2v) is 7.11. The van der Waals surface area contributed by atoms with Gasteiger partial charge >= 0.3 is 0 Å². The van der Waals surface area contributed by atoms with E-state index in [1.165, 1.54) is 42.5 Å². The van der Waals surface area contributed by atoms with Gasteiger partial charge in [-0.3, -0.25) is 4.79 Å². The Morgan fingerprint density at radius 1 is 1.15 bits per heavy atom. The van der Waals surface area contributed by atoms with Crippen molar-refractivity contribution < 1.29 is 4.79 Å². The molecule has 0 radical (unpaired) electrons. The molecule has 0 bridgehead atoms. The van der Waals surface area contributed by atoms with Crippen molar-refractivity contribution in [2.75, 3.05) is 0 Å². The van der Waals surface area contributed by atoms with E-state index in [0.717, 1.165) is 18.4 Å². The first-order chi connectivity index (χ1) is 12.7. The number of carbonyl (C=O) groups excluding carboxylic acids is 1. The summed E-state index contributed by atoms with van der Waals surface area (Å²) < 4.78 is 1.88. The topological polar surface area (TPSA) is 59.3 Å². The van der Waals surface area contributed by atoms with Crippen molar-refractivity contribution in [3.05, 3.63) is 64.6 Å². The lowest BCUT2D eigenvalue weighted by atomic mass is 9.98. The van der Waals surface area contributed by atoms with Crippen molar-refractivity contribution >= 4 is 11.6 Å². The van der Waals surface area contributed by atoms with E-state index in [2.05, 4.69) is 34.5 Å². The molecule has 2 heterocycles. The van der Waals surface area contributed by atoms with Crippen LogP contribution in [-0.4, -0.2) is 20.5 Å². The summed E-state index contributed by atoms with van der Waals surface area (Å²) in [5.74, 6) is -0.125. The average Bonchev–Trinajstić information content (AvgIpc) is 3.04. The molecule has 26 heavy (non-hydrogen) atoms. The number of carbonyl (C=O) groups is 1. The third-order valence-electron chi connectivity index (χ3n) is 5.10. The van der Waals surface area contributed by atoms with Gasteiger partial charge in [0.1, 0.15) is 5.56 Å². The van der Waals surface area contributed by atoms with Crippen LogP contribution in [0.15, 0.2) is 36.7 Å². The lowest BCUT2D eigenvalue weighted by Gasteiger charge is -2.14. The summed E-state index contributed by atoms with van der Waals surface area (Å²) in [7, 11) is 0. The molecule has 1 aliphatic rings. The Labute approximate surface area is 153 Å². The first-order valence-corrected chi connectivity index (χ1v) is 9.40. The number of hydrogen-bond acceptors (Lipinski definition) is 3. The summed E-state index contributed by atoms with van der Waals surface area (Å²) in [5, 5.41) is 7.48. The third kappa shape index (κ3) is 3.34. The Morgan fingerprint density at radius 3 is 2.85 bits per heavy atom. The highest BCUT2D eigenvalue weighted by atomic mass is 16.1. The first-order valence-electron chi connectivity index (χ1n) is 9.40. The fourth-order valence-electron chi connectivity index (χ4n) is 3.71. The highest BCUT2D eigenvalue weighted by Crippen LogP contribution is 2.21. The second-order valence-electron chi connectivity index (χ2n) is 7.11. The minimum atomic E-state index is -0.125. The predicted molar refractivity (Wildman–Crippen MR) is 101 cm³/mol. The molecule has 0 saturated heterocycles. The molecule has 0 fully saturated rings. The molecule has 134 valence electrons. The van der Waals surface area contributed by atoms with Crippen molar-refractivity contribution in [3.63, 3.8) is 0 Å². The van der Waals surface area contributed by atoms with Crippen LogP contribution in [0.5, 0.6) is 0 Å². The van der Waals surface area contributed by atoms with E-state index >= 15 is 0 Å². The van der Waals surface area contributed by atoms with E-state index in [-0.39, 0.29) is 5.91 Å². The minimum Gasteiger partial charge on any atom is -0.348 e. The number of fused-ring (bicyclic) bond motifs is 3. The lowest BCUT2D eigenvalue weighted by Crippen LogP contribution is -2.23. The Morgan fingerprint density at radius 2 is 2.00 bits per heavy atom. The largest absolute Gasteiger partial charge is 0.348 e. The summed E-state index contributed by atoms with van der Waals surface area (Å²) in [5.41, 5.74) is 5.97. The maximum absolute atomic E-state index is 12.7. The number of amides is 1. The zero-order chi connectivity index (χ0) is 17.9. The van der Waals surface area contributed by atoms with E-state index in [1.54, 1.807) is 6.20 Å². The van der Waals surface area contributed by atoms with Crippen LogP contribution in [0.2, 0.25) is 0 Å². The van der Waals surface area contributed by atoms with Gasteiger partial charge in [-0.1, -0.05) is 42.7 Å². The average molecular weight is 348 g/mol. The molecule has 2 aromatic heterocycles. The third-order valence-corrected chi connectivity index (χ3v) is 5.10. The predicted octanol–water partition coefficient (Wildman–Crippen LogP) is 3.63. The van der Waals surface area contributed by atoms with E-state index in [1.807, 2.05) is 22.8 Å². The Balaban J connectivity index is 1.58. The number of hydrogen-bond donors (Lipinski definition) is 1. The van der Waals surface area contributed by atoms with Crippen molar-refractivity contribution in [2.45, 2.75) is 52.0 Å². The molecule has 3 aromatic rings. The van der Waals surface area contributed by atoms with Crippen LogP contribution in [0.3, 0.4) is 0 Å². The van der Waals surface area contributed by atoms with Gasteiger partial charge in [0, 0.05) is 18.4 Å². The number of aryl methyl sites for hydroxylation is 3. The molecule has 5 nitrogen and oxygen atoms in total. The van der Waals surface area contributed by atoms with Gasteiger partial charge < -0.3 is 5.32 Å². The van der Waals surface area contributed by atoms with Gasteiger partial charge in [0.2, 0.25) is 0 Å². The standard InChI is InChI=1S/C21H24N4O/c1-15-7-6-8-16(11-15)12-23-21(26)18-14-24-25-19-10-5-3-2-4-9-17(19)13-22-20(18)25/h6-8,11,13-14H,2-5,9-10,12H2,1H3,(H,23,26). The molecule has 4 rings (SSSR count). The molecule has 0 aliphatic heterocycles. The SMILES string of the molecule is Cc1cccc(CNC(=O)c2cnn3c4c(cnc23)CCCCCC4)c1. The summed E-state index contributed by atoms with van der Waals surface area (Å²) in [6, 6.07) is 8.15. The summed E-state index contributed by atoms with van der Waals surface area (Å²) in [6.07, 6.45) is 10.5. The summed E-state index contributed by atoms with van der Waals surface area (Å²) in [6.45, 7) is 2.55. The van der Waals surface area contributed by atoms with Gasteiger partial charge in [0.05, 0.1) is 6.20 Å². The van der Waals surface area contributed by atoms with E-state index < -0.39 is 0 Å². The van der Waals surface area contributed by atoms with E-state index in [9.17, 15) is 4.79 Å². The molecule has 1 amide bonds. The van der Waals surface area contributed by atoms with E-state index in [0.29, 0.717) is 17.8 Å². The zero-order valence-corrected chi connectivity index (χ0v) is 15.2. The van der Waals surface area contributed by atoms with Crippen LogP contribution >= 0.6 is 0 Å². The number of benzene rings is 1. The summed E-state index contributed by atoms with van der Waals surface area (Å²) >= 11 is 0. The molecular weight excluding hydrogens is 324 g/mol. The monoisotopic (exact) mass is 348 g/mol. The minimum absolute atomic E-state index is 0.125. The maximum atomic E-state index is 12.7. The van der Waals surface area contributed by atoms with Gasteiger partial charge in [0.15, 0.2) is 5.65 Å². The van der Waals surface area contributed by atoms with Crippen molar-refractivity contribution in [1.82, 2.24) is 19.9 Å². The first kappa shape index (κ1) is 16.8. The fourth-order valence-corrected chi connectivity index (χ4v) is 3.71. The quantitative estimate of drug-likeness (QED) is 0.786. The van der Waals surface area contributed by atoms with Gasteiger partial charge in [-0.25, -0.2) is 9.50 Å². The lowest BCUT2D eigenvalue weighted by molar-refractivity contribution is 0.0952. The second kappa shape index (κ2) is 7.28. The molecule has 1 N–H and O–H groups in total. The van der Waals surface area contributed by atoms with Gasteiger partial charge in [-0.15, -0.1) is 0 Å². The van der Waals surface area contributed by atoms with E-state index in [4.69, 9.17) is 0 Å². The Kier molecular flexibility index (Phi) is 4.69. The van der Waals surface area contributed by atoms with Crippen LogP contribution in [0.4, 0.5) is 0 Å². The molecule has 0 spiro atoms. The molecule has 1 aromatic carbocycles. The Bertz CT molecular complexity index is 944. The van der Waals surface area contributed by atoms with Crippen LogP contribution in [-0.2, 0) is 19.4 Å². The number of rotatable bonds is 3. The van der Waals surface area contributed by atoms with Crippen molar-refractivity contribution in [3.8, 4) is 0 Å². The molecule has 5 heteroatoms. The molecule has 1 aliphatic carbocycles. The maximum Gasteiger partial charge on any atom is 0.257 e. The molecule has 0 saturated carbocycles. The van der Waals surface area contributed by atoms with Crippen LogP contribution < -0.4 is 5.32 Å². The summed E-state index contributed by atoms with van der Waals surface area (Å²) in [4.78, 5) is 17.2. The Hall–Kier alpha value is -2.69. The molecular formula is C21H24N4O. The number of aromatic nitrogens is 3. The van der Waals surface area contributed by atoms with Crippen molar-refractivity contribution in [2.24, 2.45) is 0 Å². The highest BCUT2D eigenvalue weighted by Gasteiger charge is 2.18. The normalized spacial score (nSPS) is 14.5. The smallest absolute Gasteiger partial charge is 0.257 e. The van der Waals surface area contributed by atoms with Gasteiger partial charge in [-0.05, 0) is 43.7 Å². The van der Waals surface area contributed by atoms with Gasteiger partial charge in [0.25, 0.3) is 5.91 Å². The highest BCUT2D eigenvalue weighted by molar-refractivity contribution is 5.99. The van der Waals surface area contributed by atoms with Crippen LogP contribution in [0.1, 0.15) is 58.4 Å². The fraction of sp³-hybridized carbons (Fsp3) is 0.381. The van der Waals surface area contributed by atoms with Gasteiger partial charge in [-0.2, -0.15) is 5.10 Å². The molecule has 0 unspecified atom stereocenters. The number of nitrogens with zero attached hydrogens (tertiary/aromatic N) is 3. The zero-order valence-electron chi connectivity index (χ0n) is 15.2. The van der Waals surface area contributed by atoms with Crippen molar-refractivity contribution in [1.29, 1.82) is 0 Å². The molecule has 0 atom stereocenters. The number of nitrogens with one attached hydrogen (secondary N) is 1. The van der Waals surface area contributed by atoms with Crippen LogP contribution in [0.25, 0.3) is 5.65 Å². The van der Waals surface area contributed by atoms with Crippen LogP contribution in [0, 0.1) is 6.92 Å².